The Morgan fingerprint density at radius 2 is 1.23 bits per heavy atom. The van der Waals surface area contributed by atoms with Crippen molar-refractivity contribution in [3.05, 3.63) is 11.1 Å². The molecule has 0 aromatic rings. The lowest BCUT2D eigenvalue weighted by molar-refractivity contribution is -0.122. The molecule has 0 unspecified atom stereocenters. The van der Waals surface area contributed by atoms with E-state index in [-0.39, 0.29) is 11.5 Å². The van der Waals surface area contributed by atoms with E-state index in [9.17, 15) is 4.79 Å². The standard InChI is InChI=1S/C27H53NO2/c1-7-9-10-11-12-13-14-15-16-19-24(3)25(4)20-17-18-23-28-26(29)21-22-27(5,6)30-8-2/h7-23H2,1-6H3,(H,28,29)/b25-24+. The number of nitrogens with one attached hydrogen (secondary N) is 1. The highest BCUT2D eigenvalue weighted by Gasteiger charge is 2.18. The predicted octanol–water partition coefficient (Wildman–Crippen LogP) is 8.13. The van der Waals surface area contributed by atoms with Crippen molar-refractivity contribution < 1.29 is 9.53 Å². The van der Waals surface area contributed by atoms with Gasteiger partial charge in [0, 0.05) is 19.6 Å². The topological polar surface area (TPSA) is 38.3 Å². The van der Waals surface area contributed by atoms with Crippen LogP contribution in [0.15, 0.2) is 11.1 Å². The molecular weight excluding hydrogens is 370 g/mol. The first-order chi connectivity index (χ1) is 14.3. The maximum atomic E-state index is 12.0. The van der Waals surface area contributed by atoms with Gasteiger partial charge < -0.3 is 10.1 Å². The zero-order valence-electron chi connectivity index (χ0n) is 21.3. The Labute approximate surface area is 188 Å². The first-order valence-corrected chi connectivity index (χ1v) is 12.9. The first-order valence-electron chi connectivity index (χ1n) is 12.9. The fourth-order valence-electron chi connectivity index (χ4n) is 3.84. The lowest BCUT2D eigenvalue weighted by atomic mass is 9.99. The van der Waals surface area contributed by atoms with Crippen molar-refractivity contribution >= 4 is 5.91 Å². The molecule has 30 heavy (non-hydrogen) atoms. The van der Waals surface area contributed by atoms with Gasteiger partial charge in [0.15, 0.2) is 0 Å². The molecule has 0 aliphatic heterocycles. The molecule has 0 fully saturated rings. The van der Waals surface area contributed by atoms with Crippen LogP contribution in [0.1, 0.15) is 138 Å². The van der Waals surface area contributed by atoms with Crippen LogP contribution in [0.3, 0.4) is 0 Å². The van der Waals surface area contributed by atoms with Gasteiger partial charge in [-0.05, 0) is 73.1 Å². The smallest absolute Gasteiger partial charge is 0.220 e. The number of hydrogen-bond acceptors (Lipinski definition) is 2. The molecule has 0 aromatic heterocycles. The first kappa shape index (κ1) is 29.2. The molecule has 1 N–H and O–H groups in total. The van der Waals surface area contributed by atoms with Crippen molar-refractivity contribution in [3.8, 4) is 0 Å². The number of ether oxygens (including phenoxy) is 1. The SMILES string of the molecule is CCCCCCCCCCC/C(C)=C(\C)CCCCNC(=O)CCC(C)(C)OCC. The summed E-state index contributed by atoms with van der Waals surface area (Å²) in [6.45, 7) is 14.5. The molecule has 1 amide bonds. The minimum absolute atomic E-state index is 0.150. The third kappa shape index (κ3) is 18.0. The molecule has 3 heteroatoms. The summed E-state index contributed by atoms with van der Waals surface area (Å²) in [6, 6.07) is 0. The molecule has 0 aliphatic carbocycles. The van der Waals surface area contributed by atoms with E-state index < -0.39 is 0 Å². The lowest BCUT2D eigenvalue weighted by Crippen LogP contribution is -2.30. The van der Waals surface area contributed by atoms with E-state index in [0.717, 1.165) is 32.2 Å². The molecule has 0 saturated heterocycles. The zero-order chi connectivity index (χ0) is 22.7. The van der Waals surface area contributed by atoms with Gasteiger partial charge >= 0.3 is 0 Å². The number of carbonyl (C=O) groups is 1. The van der Waals surface area contributed by atoms with Gasteiger partial charge in [-0.3, -0.25) is 4.79 Å². The number of carbonyl (C=O) groups excluding carboxylic acids is 1. The maximum Gasteiger partial charge on any atom is 0.220 e. The average Bonchev–Trinajstić information content (AvgIpc) is 2.70. The van der Waals surface area contributed by atoms with Crippen LogP contribution in [0, 0.1) is 0 Å². The van der Waals surface area contributed by atoms with Gasteiger partial charge in [-0.2, -0.15) is 0 Å². The second-order valence-corrected chi connectivity index (χ2v) is 9.64. The predicted molar refractivity (Wildman–Crippen MR) is 132 cm³/mol. The van der Waals surface area contributed by atoms with Gasteiger partial charge in [-0.1, -0.05) is 69.4 Å². The number of rotatable bonds is 20. The summed E-state index contributed by atoms with van der Waals surface area (Å²) in [6.07, 6.45) is 18.5. The molecule has 0 saturated carbocycles. The highest BCUT2D eigenvalue weighted by atomic mass is 16.5. The van der Waals surface area contributed by atoms with E-state index >= 15 is 0 Å². The lowest BCUT2D eigenvalue weighted by Gasteiger charge is -2.24. The molecule has 0 aromatic carbocycles. The Kier molecular flexibility index (Phi) is 18.4. The number of allylic oxidation sites excluding steroid dienone is 2. The highest BCUT2D eigenvalue weighted by Crippen LogP contribution is 2.19. The van der Waals surface area contributed by atoms with Gasteiger partial charge in [0.05, 0.1) is 5.60 Å². The summed E-state index contributed by atoms with van der Waals surface area (Å²) in [4.78, 5) is 12.0. The second-order valence-electron chi connectivity index (χ2n) is 9.64. The molecule has 0 heterocycles. The molecule has 0 atom stereocenters. The third-order valence-corrected chi connectivity index (χ3v) is 6.17. The summed E-state index contributed by atoms with van der Waals surface area (Å²) < 4.78 is 5.65. The largest absolute Gasteiger partial charge is 0.376 e. The van der Waals surface area contributed by atoms with Crippen LogP contribution < -0.4 is 5.32 Å². The van der Waals surface area contributed by atoms with E-state index in [4.69, 9.17) is 4.74 Å². The van der Waals surface area contributed by atoms with Crippen LogP contribution >= 0.6 is 0 Å². The molecule has 178 valence electrons. The van der Waals surface area contributed by atoms with E-state index in [0.29, 0.717) is 13.0 Å². The summed E-state index contributed by atoms with van der Waals surface area (Å²) >= 11 is 0. The van der Waals surface area contributed by atoms with Crippen molar-refractivity contribution in [1.29, 1.82) is 0 Å². The van der Waals surface area contributed by atoms with Crippen LogP contribution in [-0.4, -0.2) is 24.7 Å². The van der Waals surface area contributed by atoms with Crippen molar-refractivity contribution in [2.45, 2.75) is 143 Å². The molecule has 0 rings (SSSR count). The van der Waals surface area contributed by atoms with Crippen molar-refractivity contribution in [2.75, 3.05) is 13.2 Å². The van der Waals surface area contributed by atoms with E-state index in [1.165, 1.54) is 64.2 Å². The minimum Gasteiger partial charge on any atom is -0.376 e. The summed E-state index contributed by atoms with van der Waals surface area (Å²) in [5.74, 6) is 0.150. The van der Waals surface area contributed by atoms with Crippen molar-refractivity contribution in [3.63, 3.8) is 0 Å². The highest BCUT2D eigenvalue weighted by molar-refractivity contribution is 5.75. The van der Waals surface area contributed by atoms with Crippen LogP contribution in [0.5, 0.6) is 0 Å². The van der Waals surface area contributed by atoms with Crippen LogP contribution in [0.25, 0.3) is 0 Å². The van der Waals surface area contributed by atoms with Gasteiger partial charge in [0.1, 0.15) is 0 Å². The normalized spacial score (nSPS) is 12.7. The van der Waals surface area contributed by atoms with Gasteiger partial charge in [0.25, 0.3) is 0 Å². The summed E-state index contributed by atoms with van der Waals surface area (Å²) in [7, 11) is 0. The molecule has 3 nitrogen and oxygen atoms in total. The number of hydrogen-bond donors (Lipinski definition) is 1. The fraction of sp³-hybridized carbons (Fsp3) is 0.889. The quantitative estimate of drug-likeness (QED) is 0.158. The van der Waals surface area contributed by atoms with E-state index in [1.807, 2.05) is 6.92 Å². The van der Waals surface area contributed by atoms with Gasteiger partial charge in [-0.25, -0.2) is 0 Å². The fourth-order valence-corrected chi connectivity index (χ4v) is 3.84. The Balaban J connectivity index is 3.70. The Morgan fingerprint density at radius 3 is 1.77 bits per heavy atom. The molecule has 0 aliphatic rings. The molecule has 0 bridgehead atoms. The van der Waals surface area contributed by atoms with E-state index in [2.05, 4.69) is 39.9 Å². The third-order valence-electron chi connectivity index (χ3n) is 6.17. The van der Waals surface area contributed by atoms with Crippen molar-refractivity contribution in [2.24, 2.45) is 0 Å². The number of unbranched alkanes of at least 4 members (excludes halogenated alkanes) is 9. The zero-order valence-corrected chi connectivity index (χ0v) is 21.3. The monoisotopic (exact) mass is 423 g/mol. The molecular formula is C27H53NO2. The summed E-state index contributed by atoms with van der Waals surface area (Å²) in [5, 5.41) is 3.06. The second kappa shape index (κ2) is 18.9. The van der Waals surface area contributed by atoms with E-state index in [1.54, 1.807) is 11.1 Å². The number of amides is 1. The Hall–Kier alpha value is -0.830. The van der Waals surface area contributed by atoms with Gasteiger partial charge in [-0.15, -0.1) is 0 Å². The maximum absolute atomic E-state index is 12.0. The Morgan fingerprint density at radius 1 is 0.733 bits per heavy atom. The van der Waals surface area contributed by atoms with Gasteiger partial charge in [0.2, 0.25) is 5.91 Å². The molecule has 0 radical (unpaired) electrons. The van der Waals surface area contributed by atoms with Crippen LogP contribution in [0.4, 0.5) is 0 Å². The Bertz CT molecular complexity index is 454. The van der Waals surface area contributed by atoms with Crippen molar-refractivity contribution in [1.82, 2.24) is 5.32 Å². The average molecular weight is 424 g/mol. The summed E-state index contributed by atoms with van der Waals surface area (Å²) in [5.41, 5.74) is 2.93. The van der Waals surface area contributed by atoms with Crippen LogP contribution in [0.2, 0.25) is 0 Å². The van der Waals surface area contributed by atoms with Crippen LogP contribution in [-0.2, 0) is 9.53 Å². The minimum atomic E-state index is -0.208. The molecule has 0 spiro atoms.